The van der Waals surface area contributed by atoms with Gasteiger partial charge in [0.2, 0.25) is 11.8 Å². The average molecular weight is 342 g/mol. The number of anilines is 1. The number of carbonyl (C=O) groups excluding carboxylic acids is 2. The second-order valence-corrected chi connectivity index (χ2v) is 7.32. The first-order valence-electron chi connectivity index (χ1n) is 9.26. The van der Waals surface area contributed by atoms with Crippen LogP contribution in [0.3, 0.4) is 0 Å². The zero-order chi connectivity index (χ0) is 17.4. The summed E-state index contributed by atoms with van der Waals surface area (Å²) in [6.45, 7) is 2.28. The molecule has 1 aromatic carbocycles. The summed E-state index contributed by atoms with van der Waals surface area (Å²) in [6.07, 6.45) is 3.22. The Morgan fingerprint density at radius 3 is 3.04 bits per heavy atom. The molecule has 0 aliphatic carbocycles. The van der Waals surface area contributed by atoms with Gasteiger partial charge in [-0.05, 0) is 44.5 Å². The van der Waals surface area contributed by atoms with Crippen molar-refractivity contribution in [3.8, 4) is 0 Å². The summed E-state index contributed by atoms with van der Waals surface area (Å²) in [5, 5.41) is 6.33. The number of amides is 2. The van der Waals surface area contributed by atoms with Crippen molar-refractivity contribution < 1.29 is 9.59 Å². The first-order valence-corrected chi connectivity index (χ1v) is 9.26. The molecular weight excluding hydrogens is 316 g/mol. The summed E-state index contributed by atoms with van der Waals surface area (Å²) in [6, 6.07) is 8.48. The second kappa shape index (κ2) is 6.77. The van der Waals surface area contributed by atoms with Crippen LogP contribution >= 0.6 is 0 Å². The van der Waals surface area contributed by atoms with E-state index in [0.29, 0.717) is 13.0 Å². The molecule has 3 atom stereocenters. The van der Waals surface area contributed by atoms with Crippen molar-refractivity contribution in [1.29, 1.82) is 0 Å². The number of likely N-dealkylation sites (N-methyl/N-ethyl adjacent to an activating group) is 1. The molecule has 1 aromatic rings. The van der Waals surface area contributed by atoms with Crippen LogP contribution < -0.4 is 15.5 Å². The fourth-order valence-electron chi connectivity index (χ4n) is 4.47. The number of carbonyl (C=O) groups is 2. The SMILES string of the molecule is CN1[C@@H](CCC(=O)N2CCc3ccccc32)CNC(=O)[C@H]2NCC[C@@H]21. The summed E-state index contributed by atoms with van der Waals surface area (Å²) in [5.74, 6) is 0.284. The van der Waals surface area contributed by atoms with Crippen LogP contribution in [0, 0.1) is 0 Å². The molecule has 4 rings (SSSR count). The monoisotopic (exact) mass is 342 g/mol. The van der Waals surface area contributed by atoms with Gasteiger partial charge in [0.1, 0.15) is 6.04 Å². The number of hydrogen-bond acceptors (Lipinski definition) is 4. The van der Waals surface area contributed by atoms with Gasteiger partial charge in [-0.2, -0.15) is 0 Å². The predicted molar refractivity (Wildman–Crippen MR) is 96.5 cm³/mol. The molecular formula is C19H26N4O2. The van der Waals surface area contributed by atoms with Crippen LogP contribution in [0.15, 0.2) is 24.3 Å². The summed E-state index contributed by atoms with van der Waals surface area (Å²) in [4.78, 5) is 29.2. The minimum atomic E-state index is -0.115. The van der Waals surface area contributed by atoms with E-state index in [2.05, 4.69) is 28.6 Å². The van der Waals surface area contributed by atoms with Crippen molar-refractivity contribution >= 4 is 17.5 Å². The zero-order valence-electron chi connectivity index (χ0n) is 14.7. The Balaban J connectivity index is 1.39. The van der Waals surface area contributed by atoms with Crippen molar-refractivity contribution in [3.63, 3.8) is 0 Å². The molecule has 134 valence electrons. The number of rotatable bonds is 3. The lowest BCUT2D eigenvalue weighted by atomic mass is 10.0. The van der Waals surface area contributed by atoms with E-state index in [0.717, 1.165) is 38.0 Å². The second-order valence-electron chi connectivity index (χ2n) is 7.32. The Hall–Kier alpha value is -1.92. The van der Waals surface area contributed by atoms with Crippen LogP contribution in [0.1, 0.15) is 24.8 Å². The van der Waals surface area contributed by atoms with E-state index < -0.39 is 0 Å². The molecule has 0 unspecified atom stereocenters. The number of fused-ring (bicyclic) bond motifs is 2. The van der Waals surface area contributed by atoms with E-state index in [4.69, 9.17) is 0 Å². The molecule has 25 heavy (non-hydrogen) atoms. The Morgan fingerprint density at radius 2 is 2.16 bits per heavy atom. The molecule has 3 heterocycles. The Kier molecular flexibility index (Phi) is 4.48. The van der Waals surface area contributed by atoms with Gasteiger partial charge in [0.25, 0.3) is 0 Å². The van der Waals surface area contributed by atoms with Gasteiger partial charge in [0, 0.05) is 37.3 Å². The highest BCUT2D eigenvalue weighted by Crippen LogP contribution is 2.28. The van der Waals surface area contributed by atoms with Crippen LogP contribution in [0.2, 0.25) is 0 Å². The van der Waals surface area contributed by atoms with Crippen molar-refractivity contribution in [2.75, 3.05) is 31.6 Å². The molecule has 0 spiro atoms. The molecule has 2 N–H and O–H groups in total. The van der Waals surface area contributed by atoms with E-state index in [1.54, 1.807) is 0 Å². The number of benzene rings is 1. The van der Waals surface area contributed by atoms with E-state index in [9.17, 15) is 9.59 Å². The van der Waals surface area contributed by atoms with Gasteiger partial charge in [-0.15, -0.1) is 0 Å². The van der Waals surface area contributed by atoms with Crippen molar-refractivity contribution in [3.05, 3.63) is 29.8 Å². The first kappa shape index (κ1) is 16.5. The van der Waals surface area contributed by atoms with Crippen molar-refractivity contribution in [1.82, 2.24) is 15.5 Å². The Bertz CT molecular complexity index is 677. The van der Waals surface area contributed by atoms with Crippen LogP contribution in [-0.4, -0.2) is 61.5 Å². The summed E-state index contributed by atoms with van der Waals surface area (Å²) < 4.78 is 0. The maximum Gasteiger partial charge on any atom is 0.238 e. The highest BCUT2D eigenvalue weighted by Gasteiger charge is 2.40. The third kappa shape index (κ3) is 3.04. The van der Waals surface area contributed by atoms with Gasteiger partial charge in [-0.3, -0.25) is 14.5 Å². The molecule has 2 fully saturated rings. The van der Waals surface area contributed by atoms with Crippen LogP contribution in [-0.2, 0) is 16.0 Å². The molecule has 3 aliphatic rings. The molecule has 0 aromatic heterocycles. The van der Waals surface area contributed by atoms with Crippen molar-refractivity contribution in [2.45, 2.75) is 43.8 Å². The fourth-order valence-corrected chi connectivity index (χ4v) is 4.47. The van der Waals surface area contributed by atoms with E-state index in [1.807, 2.05) is 23.1 Å². The maximum absolute atomic E-state index is 12.7. The third-order valence-corrected chi connectivity index (χ3v) is 5.96. The van der Waals surface area contributed by atoms with Gasteiger partial charge < -0.3 is 15.5 Å². The molecule has 0 saturated carbocycles. The number of nitrogens with zero attached hydrogens (tertiary/aromatic N) is 2. The van der Waals surface area contributed by atoms with Gasteiger partial charge in [-0.1, -0.05) is 18.2 Å². The molecule has 3 aliphatic heterocycles. The quantitative estimate of drug-likeness (QED) is 0.840. The van der Waals surface area contributed by atoms with E-state index in [-0.39, 0.29) is 29.9 Å². The summed E-state index contributed by atoms with van der Waals surface area (Å²) in [7, 11) is 2.09. The van der Waals surface area contributed by atoms with Crippen molar-refractivity contribution in [2.24, 2.45) is 0 Å². The molecule has 6 nitrogen and oxygen atoms in total. The third-order valence-electron chi connectivity index (χ3n) is 5.96. The Labute approximate surface area is 148 Å². The minimum absolute atomic E-state index is 0.0941. The Morgan fingerprint density at radius 1 is 1.32 bits per heavy atom. The number of para-hydroxylation sites is 1. The fraction of sp³-hybridized carbons (Fsp3) is 0.579. The average Bonchev–Trinajstić information content (AvgIpc) is 3.25. The highest BCUT2D eigenvalue weighted by atomic mass is 16.2. The van der Waals surface area contributed by atoms with Crippen LogP contribution in [0.5, 0.6) is 0 Å². The van der Waals surface area contributed by atoms with Crippen LogP contribution in [0.4, 0.5) is 5.69 Å². The molecule has 0 bridgehead atoms. The van der Waals surface area contributed by atoms with Gasteiger partial charge in [-0.25, -0.2) is 0 Å². The molecule has 2 amide bonds. The largest absolute Gasteiger partial charge is 0.353 e. The lowest BCUT2D eigenvalue weighted by molar-refractivity contribution is -0.123. The molecule has 6 heteroatoms. The first-order chi connectivity index (χ1) is 12.1. The smallest absolute Gasteiger partial charge is 0.238 e. The zero-order valence-corrected chi connectivity index (χ0v) is 14.7. The standard InChI is InChI=1S/C19H26N4O2/c1-22-14(12-21-19(25)18-16(22)8-10-20-18)6-7-17(24)23-11-9-13-4-2-3-5-15(13)23/h2-5,14,16,18,20H,6-12H2,1H3,(H,21,25)/t14-,16-,18-/m0/s1. The molecule has 2 saturated heterocycles. The van der Waals surface area contributed by atoms with Crippen LogP contribution in [0.25, 0.3) is 0 Å². The lowest BCUT2D eigenvalue weighted by Gasteiger charge is -2.32. The van der Waals surface area contributed by atoms with E-state index in [1.165, 1.54) is 5.56 Å². The van der Waals surface area contributed by atoms with Gasteiger partial charge in [0.15, 0.2) is 0 Å². The summed E-state index contributed by atoms with van der Waals surface area (Å²) in [5.41, 5.74) is 2.32. The number of hydrogen-bond donors (Lipinski definition) is 2. The topological polar surface area (TPSA) is 64.7 Å². The van der Waals surface area contributed by atoms with Gasteiger partial charge >= 0.3 is 0 Å². The summed E-state index contributed by atoms with van der Waals surface area (Å²) >= 11 is 0. The lowest BCUT2D eigenvalue weighted by Crippen LogP contribution is -2.48. The number of nitrogens with one attached hydrogen (secondary N) is 2. The predicted octanol–water partition coefficient (Wildman–Crippen LogP) is 0.517. The maximum atomic E-state index is 12.7. The van der Waals surface area contributed by atoms with E-state index >= 15 is 0 Å². The highest BCUT2D eigenvalue weighted by molar-refractivity contribution is 5.95. The van der Waals surface area contributed by atoms with Gasteiger partial charge in [0.05, 0.1) is 0 Å². The normalized spacial score (nSPS) is 29.1. The molecule has 0 radical (unpaired) electrons. The minimum Gasteiger partial charge on any atom is -0.353 e.